The maximum absolute atomic E-state index is 13.7. The molecule has 3 aromatic rings. The topological polar surface area (TPSA) is 46.6 Å². The Balaban J connectivity index is 1.91. The van der Waals surface area contributed by atoms with E-state index < -0.39 is 22.1 Å². The Morgan fingerprint density at radius 2 is 1.55 bits per heavy atom. The monoisotopic (exact) mass is 405 g/mol. The zero-order chi connectivity index (χ0) is 20.6. The summed E-state index contributed by atoms with van der Waals surface area (Å²) in [7, 11) is -2.15. The van der Waals surface area contributed by atoms with Crippen molar-refractivity contribution in [3.05, 3.63) is 108 Å². The highest BCUT2D eigenvalue weighted by atomic mass is 32.2. The van der Waals surface area contributed by atoms with Gasteiger partial charge in [0.25, 0.3) is 0 Å². The molecule has 0 aliphatic carbocycles. The summed E-state index contributed by atoms with van der Waals surface area (Å²) in [5, 5.41) is 0. The molecular formula is C24H23NO3S. The van der Waals surface area contributed by atoms with Gasteiger partial charge in [0.15, 0.2) is 0 Å². The van der Waals surface area contributed by atoms with Crippen molar-refractivity contribution in [1.29, 1.82) is 0 Å². The van der Waals surface area contributed by atoms with Crippen LogP contribution in [0.1, 0.15) is 34.3 Å². The van der Waals surface area contributed by atoms with Crippen LogP contribution in [0.3, 0.4) is 0 Å². The molecule has 0 unspecified atom stereocenters. The molecule has 29 heavy (non-hydrogen) atoms. The first-order valence-electron chi connectivity index (χ1n) is 9.43. The van der Waals surface area contributed by atoms with E-state index in [0.717, 1.165) is 28.0 Å². The maximum Gasteiger partial charge on any atom is 0.244 e. The molecule has 4 rings (SSSR count). The molecular weight excluding hydrogens is 382 g/mol. The van der Waals surface area contributed by atoms with Gasteiger partial charge in [0.05, 0.1) is 24.1 Å². The van der Waals surface area contributed by atoms with E-state index in [1.807, 2.05) is 67.6 Å². The van der Waals surface area contributed by atoms with Crippen LogP contribution in [0.4, 0.5) is 0 Å². The molecule has 1 heterocycles. The van der Waals surface area contributed by atoms with E-state index >= 15 is 0 Å². The molecule has 0 N–H and O–H groups in total. The van der Waals surface area contributed by atoms with E-state index in [0.29, 0.717) is 0 Å². The molecule has 0 radical (unpaired) electrons. The first-order valence-corrected chi connectivity index (χ1v) is 10.9. The van der Waals surface area contributed by atoms with Gasteiger partial charge in [-0.2, -0.15) is 4.31 Å². The van der Waals surface area contributed by atoms with Gasteiger partial charge in [-0.1, -0.05) is 60.2 Å². The van der Waals surface area contributed by atoms with Crippen LogP contribution in [-0.4, -0.2) is 19.8 Å². The normalized spacial score (nSPS) is 19.0. The molecule has 0 fully saturated rings. The fourth-order valence-electron chi connectivity index (χ4n) is 3.93. The average Bonchev–Trinajstić information content (AvgIpc) is 3.09. The number of fused-ring (bicyclic) bond motifs is 1. The van der Waals surface area contributed by atoms with Gasteiger partial charge in [0.1, 0.15) is 5.75 Å². The molecule has 3 aromatic carbocycles. The maximum atomic E-state index is 13.7. The highest BCUT2D eigenvalue weighted by molar-refractivity contribution is 7.89. The number of aryl methyl sites for hydroxylation is 1. The number of rotatable bonds is 5. The van der Waals surface area contributed by atoms with Gasteiger partial charge in [-0.25, -0.2) is 8.42 Å². The highest BCUT2D eigenvalue weighted by Gasteiger charge is 2.45. The molecule has 4 nitrogen and oxygen atoms in total. The Labute approximate surface area is 172 Å². The van der Waals surface area contributed by atoms with Crippen molar-refractivity contribution in [2.75, 3.05) is 7.11 Å². The second kappa shape index (κ2) is 7.50. The van der Waals surface area contributed by atoms with Gasteiger partial charge in [-0.15, -0.1) is 6.58 Å². The summed E-state index contributed by atoms with van der Waals surface area (Å²) >= 11 is 0. The third kappa shape index (κ3) is 3.26. The summed E-state index contributed by atoms with van der Waals surface area (Å²) in [5.41, 5.74) is 3.83. The van der Waals surface area contributed by atoms with Crippen LogP contribution in [0.5, 0.6) is 5.75 Å². The van der Waals surface area contributed by atoms with Crippen molar-refractivity contribution in [3.63, 3.8) is 0 Å². The molecule has 0 saturated heterocycles. The average molecular weight is 406 g/mol. The molecule has 1 aliphatic rings. The largest absolute Gasteiger partial charge is 0.497 e. The summed E-state index contributed by atoms with van der Waals surface area (Å²) in [6, 6.07) is 21.5. The van der Waals surface area contributed by atoms with Gasteiger partial charge in [-0.3, -0.25) is 0 Å². The predicted molar refractivity (Wildman–Crippen MR) is 114 cm³/mol. The van der Waals surface area contributed by atoms with Crippen molar-refractivity contribution in [1.82, 2.24) is 4.31 Å². The second-order valence-corrected chi connectivity index (χ2v) is 8.98. The highest BCUT2D eigenvalue weighted by Crippen LogP contribution is 2.49. The Bertz CT molecular complexity index is 1140. The zero-order valence-corrected chi connectivity index (χ0v) is 17.3. The van der Waals surface area contributed by atoms with Crippen LogP contribution in [0, 0.1) is 6.92 Å². The van der Waals surface area contributed by atoms with Crippen LogP contribution >= 0.6 is 0 Å². The van der Waals surface area contributed by atoms with Crippen LogP contribution in [-0.2, 0) is 10.0 Å². The van der Waals surface area contributed by atoms with E-state index in [2.05, 4.69) is 6.58 Å². The molecule has 5 heteroatoms. The molecule has 0 spiro atoms. The van der Waals surface area contributed by atoms with E-state index in [4.69, 9.17) is 4.74 Å². The molecule has 0 aromatic heterocycles. The number of benzene rings is 3. The van der Waals surface area contributed by atoms with E-state index in [-0.39, 0.29) is 4.90 Å². The lowest BCUT2D eigenvalue weighted by Crippen LogP contribution is -2.33. The summed E-state index contributed by atoms with van der Waals surface area (Å²) < 4.78 is 34.3. The third-order valence-electron chi connectivity index (χ3n) is 5.39. The molecule has 148 valence electrons. The van der Waals surface area contributed by atoms with Gasteiger partial charge in [-0.05, 0) is 47.9 Å². The number of ether oxygens (including phenoxy) is 1. The van der Waals surface area contributed by atoms with Crippen molar-refractivity contribution in [2.45, 2.75) is 23.9 Å². The van der Waals surface area contributed by atoms with Crippen LogP contribution in [0.15, 0.2) is 90.3 Å². The molecule has 1 aliphatic heterocycles. The minimum Gasteiger partial charge on any atom is -0.497 e. The Morgan fingerprint density at radius 3 is 2.14 bits per heavy atom. The lowest BCUT2D eigenvalue weighted by atomic mass is 9.97. The van der Waals surface area contributed by atoms with E-state index in [9.17, 15) is 8.42 Å². The Hall–Kier alpha value is -2.89. The van der Waals surface area contributed by atoms with Crippen LogP contribution < -0.4 is 4.74 Å². The number of hydrogen-bond acceptors (Lipinski definition) is 3. The van der Waals surface area contributed by atoms with E-state index in [1.54, 1.807) is 29.6 Å². The smallest absolute Gasteiger partial charge is 0.244 e. The van der Waals surface area contributed by atoms with Crippen molar-refractivity contribution < 1.29 is 13.2 Å². The minimum atomic E-state index is -3.77. The predicted octanol–water partition coefficient (Wildman–Crippen LogP) is 5.02. The van der Waals surface area contributed by atoms with Crippen molar-refractivity contribution >= 4 is 10.0 Å². The van der Waals surface area contributed by atoms with Gasteiger partial charge in [0, 0.05) is 0 Å². The fourth-order valence-corrected chi connectivity index (χ4v) is 5.66. The van der Waals surface area contributed by atoms with Gasteiger partial charge >= 0.3 is 0 Å². The Morgan fingerprint density at radius 1 is 0.931 bits per heavy atom. The number of nitrogens with zero attached hydrogens (tertiary/aromatic N) is 1. The first-order chi connectivity index (χ1) is 14.0. The summed E-state index contributed by atoms with van der Waals surface area (Å²) in [6.07, 6.45) is 1.70. The first kappa shape index (κ1) is 19.4. The van der Waals surface area contributed by atoms with Crippen LogP contribution in [0.2, 0.25) is 0 Å². The van der Waals surface area contributed by atoms with Crippen molar-refractivity contribution in [2.24, 2.45) is 0 Å². The lowest BCUT2D eigenvalue weighted by Gasteiger charge is -2.29. The standard InChI is InChI=1S/C24H23NO3S/c1-4-23-21-7-5-6-8-22(21)24(18-11-13-19(28-3)14-12-18)25(23)29(26,27)20-15-9-17(2)10-16-20/h4-16,23-24H,1H2,2-3H3/t23-,24+/m0/s1. The SMILES string of the molecule is C=C[C@H]1c2ccccc2[C@@H](c2ccc(OC)cc2)N1S(=O)(=O)c1ccc(C)cc1. The zero-order valence-electron chi connectivity index (χ0n) is 16.4. The summed E-state index contributed by atoms with van der Waals surface area (Å²) in [5.74, 6) is 0.730. The minimum absolute atomic E-state index is 0.279. The molecule has 2 atom stereocenters. The summed E-state index contributed by atoms with van der Waals surface area (Å²) in [4.78, 5) is 0.279. The third-order valence-corrected chi connectivity index (χ3v) is 7.25. The van der Waals surface area contributed by atoms with E-state index in [1.165, 1.54) is 0 Å². The lowest BCUT2D eigenvalue weighted by molar-refractivity contribution is 0.353. The fraction of sp³-hybridized carbons (Fsp3) is 0.167. The van der Waals surface area contributed by atoms with Gasteiger partial charge in [0.2, 0.25) is 10.0 Å². The molecule has 0 bridgehead atoms. The number of methoxy groups -OCH3 is 1. The Kier molecular flexibility index (Phi) is 5.03. The number of hydrogen-bond donors (Lipinski definition) is 0. The van der Waals surface area contributed by atoms with Crippen LogP contribution in [0.25, 0.3) is 0 Å². The molecule has 0 amide bonds. The quantitative estimate of drug-likeness (QED) is 0.560. The molecule has 0 saturated carbocycles. The van der Waals surface area contributed by atoms with Crippen molar-refractivity contribution in [3.8, 4) is 5.75 Å². The van der Waals surface area contributed by atoms with Gasteiger partial charge < -0.3 is 4.74 Å². The summed E-state index contributed by atoms with van der Waals surface area (Å²) in [6.45, 7) is 5.88. The number of sulfonamides is 1. The second-order valence-electron chi connectivity index (χ2n) is 7.13.